The van der Waals surface area contributed by atoms with E-state index in [1.54, 1.807) is 0 Å². The number of carbonyl (C=O) groups is 2. The number of hydrogen-bond acceptors (Lipinski definition) is 4. The average molecular weight is 608 g/mol. The van der Waals surface area contributed by atoms with Gasteiger partial charge in [-0.25, -0.2) is 0 Å². The van der Waals surface area contributed by atoms with Crippen molar-refractivity contribution < 1.29 is 9.59 Å². The number of rotatable bonds is 9. The van der Waals surface area contributed by atoms with E-state index in [2.05, 4.69) is 64.9 Å². The lowest BCUT2D eigenvalue weighted by molar-refractivity contribution is -0.136. The number of fused-ring (bicyclic) bond motifs is 1. The van der Waals surface area contributed by atoms with Crippen LogP contribution in [0.4, 0.5) is 0 Å². The largest absolute Gasteiger partial charge is 0.351 e. The van der Waals surface area contributed by atoms with Crippen LogP contribution in [-0.2, 0) is 11.2 Å². The molecule has 0 aliphatic carbocycles. The van der Waals surface area contributed by atoms with Crippen LogP contribution in [0.2, 0.25) is 0 Å². The quantitative estimate of drug-likeness (QED) is 0.220. The second-order valence-electron chi connectivity index (χ2n) is 10.5. The third-order valence-corrected chi connectivity index (χ3v) is 7.86. The Morgan fingerprint density at radius 2 is 1.62 bits per heavy atom. The van der Waals surface area contributed by atoms with Crippen LogP contribution in [0.25, 0.3) is 21.9 Å². The molecular formula is C34H40Cl2N4O2. The summed E-state index contributed by atoms with van der Waals surface area (Å²) in [5.41, 5.74) is 10.1. The maximum absolute atomic E-state index is 14.0. The summed E-state index contributed by atoms with van der Waals surface area (Å²) < 4.78 is 0. The van der Waals surface area contributed by atoms with Gasteiger partial charge in [0.1, 0.15) is 0 Å². The van der Waals surface area contributed by atoms with Gasteiger partial charge in [0.2, 0.25) is 5.91 Å². The molecule has 1 fully saturated rings. The second-order valence-corrected chi connectivity index (χ2v) is 10.5. The highest BCUT2D eigenvalue weighted by molar-refractivity contribution is 6.01. The first-order valence-corrected chi connectivity index (χ1v) is 14.2. The minimum Gasteiger partial charge on any atom is -0.351 e. The summed E-state index contributed by atoms with van der Waals surface area (Å²) in [6.07, 6.45) is 2.22. The summed E-state index contributed by atoms with van der Waals surface area (Å²) in [5, 5.41) is 8.65. The van der Waals surface area contributed by atoms with Gasteiger partial charge in [-0.2, -0.15) is 0 Å². The van der Waals surface area contributed by atoms with E-state index in [-0.39, 0.29) is 48.7 Å². The van der Waals surface area contributed by atoms with E-state index in [1.165, 1.54) is 5.39 Å². The molecule has 1 unspecified atom stereocenters. The molecule has 8 heteroatoms. The van der Waals surface area contributed by atoms with Crippen molar-refractivity contribution in [2.24, 2.45) is 5.73 Å². The van der Waals surface area contributed by atoms with E-state index in [4.69, 9.17) is 5.73 Å². The first kappa shape index (κ1) is 33.1. The van der Waals surface area contributed by atoms with Crippen LogP contribution in [0.15, 0.2) is 91.0 Å². The molecule has 1 aliphatic rings. The molecule has 0 spiro atoms. The lowest BCUT2D eigenvalue weighted by atomic mass is 9.93. The number of nitrogens with one attached hydrogen (secondary N) is 2. The van der Waals surface area contributed by atoms with Gasteiger partial charge in [0.15, 0.2) is 0 Å². The highest BCUT2D eigenvalue weighted by atomic mass is 35.5. The van der Waals surface area contributed by atoms with Crippen molar-refractivity contribution in [2.75, 3.05) is 26.2 Å². The van der Waals surface area contributed by atoms with Crippen LogP contribution < -0.4 is 16.4 Å². The van der Waals surface area contributed by atoms with E-state index in [1.807, 2.05) is 48.5 Å². The van der Waals surface area contributed by atoms with Crippen LogP contribution in [0, 0.1) is 0 Å². The van der Waals surface area contributed by atoms with E-state index >= 15 is 0 Å². The monoisotopic (exact) mass is 606 g/mol. The van der Waals surface area contributed by atoms with Crippen molar-refractivity contribution in [3.05, 3.63) is 108 Å². The predicted molar refractivity (Wildman–Crippen MR) is 177 cm³/mol. The summed E-state index contributed by atoms with van der Waals surface area (Å²) in [5.74, 6) is 0.00282. The molecular weight excluding hydrogens is 567 g/mol. The van der Waals surface area contributed by atoms with Crippen LogP contribution in [0.5, 0.6) is 0 Å². The standard InChI is InChI=1S/C34H38N4O2.2ClH/c1-24(27-9-6-10-29(23-27)31-11-4-5-12-32(31)34(40)37-20-17-35)38(30-15-18-36-19-16-30)33(39)22-25-13-14-26-7-2-3-8-28(26)21-25;;/h2-14,21,23-24,30,36H,15-20,22,35H2,1H3,(H,37,40);2*1H. The zero-order valence-electron chi connectivity index (χ0n) is 23.9. The Hall–Kier alpha value is -3.42. The molecule has 42 heavy (non-hydrogen) atoms. The number of carbonyl (C=O) groups excluding carboxylic acids is 2. The van der Waals surface area contributed by atoms with Crippen molar-refractivity contribution in [2.45, 2.75) is 38.3 Å². The molecule has 1 saturated heterocycles. The zero-order valence-corrected chi connectivity index (χ0v) is 25.6. The number of halogens is 2. The van der Waals surface area contributed by atoms with Crippen molar-refractivity contribution >= 4 is 47.4 Å². The smallest absolute Gasteiger partial charge is 0.251 e. The van der Waals surface area contributed by atoms with Gasteiger partial charge >= 0.3 is 0 Å². The summed E-state index contributed by atoms with van der Waals surface area (Å²) in [6, 6.07) is 30.5. The normalized spacial score (nSPS) is 13.9. The summed E-state index contributed by atoms with van der Waals surface area (Å²) in [4.78, 5) is 29.0. The number of benzene rings is 4. The summed E-state index contributed by atoms with van der Waals surface area (Å²) in [6.45, 7) is 4.75. The fraction of sp³-hybridized carbons (Fsp3) is 0.294. The molecule has 0 aromatic heterocycles. The number of amides is 2. The number of nitrogens with zero attached hydrogens (tertiary/aromatic N) is 1. The molecule has 4 aromatic rings. The van der Waals surface area contributed by atoms with E-state index in [0.717, 1.165) is 53.6 Å². The molecule has 0 radical (unpaired) electrons. The third-order valence-electron chi connectivity index (χ3n) is 7.86. The minimum absolute atomic E-state index is 0. The highest BCUT2D eigenvalue weighted by Crippen LogP contribution is 2.31. The molecule has 1 aliphatic heterocycles. The maximum atomic E-state index is 14.0. The maximum Gasteiger partial charge on any atom is 0.251 e. The summed E-state index contributed by atoms with van der Waals surface area (Å²) >= 11 is 0. The molecule has 5 rings (SSSR count). The Bertz CT molecular complexity index is 1490. The van der Waals surface area contributed by atoms with Crippen molar-refractivity contribution in [1.82, 2.24) is 15.5 Å². The van der Waals surface area contributed by atoms with E-state index in [9.17, 15) is 9.59 Å². The Labute approximate surface area is 260 Å². The molecule has 2 amide bonds. The molecule has 1 atom stereocenters. The first-order valence-electron chi connectivity index (χ1n) is 14.2. The molecule has 6 nitrogen and oxygen atoms in total. The van der Waals surface area contributed by atoms with Crippen LogP contribution in [0.1, 0.15) is 47.3 Å². The number of nitrogens with two attached hydrogens (primary N) is 1. The second kappa shape index (κ2) is 15.7. The molecule has 4 aromatic carbocycles. The SMILES string of the molecule is CC(c1cccc(-c2ccccc2C(=O)NCCN)c1)N(C(=O)Cc1ccc2ccccc2c1)C1CCNCC1.Cl.Cl. The molecule has 222 valence electrons. The zero-order chi connectivity index (χ0) is 27.9. The Morgan fingerprint density at radius 3 is 2.38 bits per heavy atom. The van der Waals surface area contributed by atoms with Crippen LogP contribution >= 0.6 is 24.8 Å². The van der Waals surface area contributed by atoms with Gasteiger partial charge in [0, 0.05) is 24.7 Å². The van der Waals surface area contributed by atoms with Gasteiger partial charge in [-0.15, -0.1) is 24.8 Å². The first-order chi connectivity index (χ1) is 19.5. The lowest BCUT2D eigenvalue weighted by Gasteiger charge is -2.39. The molecule has 1 heterocycles. The highest BCUT2D eigenvalue weighted by Gasteiger charge is 2.30. The van der Waals surface area contributed by atoms with Crippen LogP contribution in [0.3, 0.4) is 0 Å². The Kier molecular flexibility index (Phi) is 12.4. The fourth-order valence-electron chi connectivity index (χ4n) is 5.78. The van der Waals surface area contributed by atoms with Gasteiger partial charge in [-0.1, -0.05) is 78.9 Å². The molecule has 0 bridgehead atoms. The number of piperidine rings is 1. The third kappa shape index (κ3) is 7.69. The average Bonchev–Trinajstić information content (AvgIpc) is 3.00. The van der Waals surface area contributed by atoms with Gasteiger partial charge in [-0.05, 0) is 78.0 Å². The van der Waals surface area contributed by atoms with Gasteiger partial charge in [0.25, 0.3) is 5.91 Å². The number of hydrogen-bond donors (Lipinski definition) is 3. The fourth-order valence-corrected chi connectivity index (χ4v) is 5.78. The molecule has 0 saturated carbocycles. The Morgan fingerprint density at radius 1 is 0.905 bits per heavy atom. The minimum atomic E-state index is -0.138. The van der Waals surface area contributed by atoms with E-state index in [0.29, 0.717) is 25.1 Å². The van der Waals surface area contributed by atoms with E-state index < -0.39 is 0 Å². The Balaban J connectivity index is 0.00000242. The van der Waals surface area contributed by atoms with Gasteiger partial charge in [0.05, 0.1) is 12.5 Å². The van der Waals surface area contributed by atoms with Gasteiger partial charge < -0.3 is 21.3 Å². The topological polar surface area (TPSA) is 87.5 Å². The van der Waals surface area contributed by atoms with Crippen LogP contribution in [-0.4, -0.2) is 48.9 Å². The summed E-state index contributed by atoms with van der Waals surface area (Å²) in [7, 11) is 0. The van der Waals surface area contributed by atoms with Crippen molar-refractivity contribution in [3.63, 3.8) is 0 Å². The van der Waals surface area contributed by atoms with Crippen molar-refractivity contribution in [3.8, 4) is 11.1 Å². The van der Waals surface area contributed by atoms with Gasteiger partial charge in [-0.3, -0.25) is 9.59 Å². The molecule has 4 N–H and O–H groups in total. The van der Waals surface area contributed by atoms with Crippen molar-refractivity contribution in [1.29, 1.82) is 0 Å². The lowest BCUT2D eigenvalue weighted by Crippen LogP contribution is -2.47. The predicted octanol–water partition coefficient (Wildman–Crippen LogP) is 5.92.